The molecule has 3 rings (SSSR count). The highest BCUT2D eigenvalue weighted by molar-refractivity contribution is 7.98. The first-order valence-electron chi connectivity index (χ1n) is 9.20. The lowest BCUT2D eigenvalue weighted by Gasteiger charge is -2.36. The van der Waals surface area contributed by atoms with Gasteiger partial charge in [0.25, 0.3) is 5.91 Å². The minimum absolute atomic E-state index is 0.0459. The predicted molar refractivity (Wildman–Crippen MR) is 109 cm³/mol. The van der Waals surface area contributed by atoms with E-state index in [4.69, 9.17) is 9.41 Å². The van der Waals surface area contributed by atoms with E-state index in [2.05, 4.69) is 47.7 Å². The maximum absolute atomic E-state index is 12.4. The molecule has 144 valence electrons. The Bertz CT molecular complexity index is 751. The Hall–Kier alpha value is -2.41. The highest BCUT2D eigenvalue weighted by atomic mass is 32.2. The number of hydrogen-bond donors (Lipinski definition) is 1. The average Bonchev–Trinajstić information content (AvgIpc) is 3.26. The zero-order chi connectivity index (χ0) is 19.1. The molecule has 1 saturated heterocycles. The van der Waals surface area contributed by atoms with Gasteiger partial charge in [-0.2, -0.15) is 0 Å². The standard InChI is InChI=1S/C20H26N4O2S/c1-3-21-20(22-15-16-6-8-17(27-2)9-7-16)24-12-10-23(11-13-24)19(25)18-5-4-14-26-18/h4-9,14H,3,10-13,15H2,1-2H3,(H,21,22). The maximum atomic E-state index is 12.4. The summed E-state index contributed by atoms with van der Waals surface area (Å²) >= 11 is 1.74. The van der Waals surface area contributed by atoms with Gasteiger partial charge in [0.2, 0.25) is 0 Å². The lowest BCUT2D eigenvalue weighted by atomic mass is 10.2. The van der Waals surface area contributed by atoms with Crippen molar-refractivity contribution in [2.45, 2.75) is 18.4 Å². The Balaban J connectivity index is 1.59. The molecule has 0 saturated carbocycles. The Morgan fingerprint density at radius 1 is 1.15 bits per heavy atom. The molecule has 2 heterocycles. The summed E-state index contributed by atoms with van der Waals surface area (Å²) in [7, 11) is 0. The number of hydrogen-bond acceptors (Lipinski definition) is 4. The van der Waals surface area contributed by atoms with Crippen LogP contribution in [0.25, 0.3) is 0 Å². The first-order valence-corrected chi connectivity index (χ1v) is 10.4. The molecule has 0 radical (unpaired) electrons. The lowest BCUT2D eigenvalue weighted by molar-refractivity contribution is 0.0657. The van der Waals surface area contributed by atoms with Gasteiger partial charge < -0.3 is 19.5 Å². The van der Waals surface area contributed by atoms with Crippen LogP contribution < -0.4 is 5.32 Å². The molecule has 1 N–H and O–H groups in total. The smallest absolute Gasteiger partial charge is 0.289 e. The second kappa shape index (κ2) is 9.50. The van der Waals surface area contributed by atoms with Crippen LogP contribution >= 0.6 is 11.8 Å². The molecule has 1 aliphatic heterocycles. The van der Waals surface area contributed by atoms with Gasteiger partial charge in [0.15, 0.2) is 11.7 Å². The third kappa shape index (κ3) is 5.07. The van der Waals surface area contributed by atoms with E-state index in [0.717, 1.165) is 25.6 Å². The van der Waals surface area contributed by atoms with E-state index in [1.807, 2.05) is 4.90 Å². The topological polar surface area (TPSA) is 61.1 Å². The fourth-order valence-corrected chi connectivity index (χ4v) is 3.41. The monoisotopic (exact) mass is 386 g/mol. The van der Waals surface area contributed by atoms with E-state index in [0.29, 0.717) is 25.4 Å². The molecule has 1 aromatic carbocycles. The highest BCUT2D eigenvalue weighted by Crippen LogP contribution is 2.15. The van der Waals surface area contributed by atoms with E-state index >= 15 is 0 Å². The summed E-state index contributed by atoms with van der Waals surface area (Å²) in [5.41, 5.74) is 1.19. The summed E-state index contributed by atoms with van der Waals surface area (Å²) in [6, 6.07) is 12.0. The Morgan fingerprint density at radius 2 is 1.85 bits per heavy atom. The number of guanidine groups is 1. The number of thioether (sulfide) groups is 1. The molecule has 1 aliphatic rings. The molecule has 6 nitrogen and oxygen atoms in total. The van der Waals surface area contributed by atoms with Crippen LogP contribution in [0, 0.1) is 0 Å². The van der Waals surface area contributed by atoms with Gasteiger partial charge in [-0.3, -0.25) is 4.79 Å². The van der Waals surface area contributed by atoms with Crippen molar-refractivity contribution in [3.8, 4) is 0 Å². The number of nitrogens with one attached hydrogen (secondary N) is 1. The molecular weight excluding hydrogens is 360 g/mol. The quantitative estimate of drug-likeness (QED) is 0.486. The van der Waals surface area contributed by atoms with E-state index in [-0.39, 0.29) is 5.91 Å². The van der Waals surface area contributed by atoms with Crippen molar-refractivity contribution in [1.29, 1.82) is 0 Å². The van der Waals surface area contributed by atoms with E-state index in [1.54, 1.807) is 23.9 Å². The van der Waals surface area contributed by atoms with Crippen LogP contribution in [0.1, 0.15) is 23.0 Å². The number of aliphatic imine (C=N–C) groups is 1. The van der Waals surface area contributed by atoms with Crippen molar-refractivity contribution in [3.63, 3.8) is 0 Å². The van der Waals surface area contributed by atoms with Crippen LogP contribution in [0.15, 0.2) is 57.0 Å². The van der Waals surface area contributed by atoms with Crippen LogP contribution in [-0.2, 0) is 6.54 Å². The molecule has 0 atom stereocenters. The van der Waals surface area contributed by atoms with Gasteiger partial charge in [0, 0.05) is 37.6 Å². The second-order valence-corrected chi connectivity index (χ2v) is 7.15. The molecule has 0 bridgehead atoms. The van der Waals surface area contributed by atoms with Crippen molar-refractivity contribution >= 4 is 23.6 Å². The van der Waals surface area contributed by atoms with Crippen LogP contribution in [0.2, 0.25) is 0 Å². The zero-order valence-corrected chi connectivity index (χ0v) is 16.7. The summed E-state index contributed by atoms with van der Waals surface area (Å²) in [4.78, 5) is 22.5. The van der Waals surface area contributed by atoms with Gasteiger partial charge in [0.05, 0.1) is 12.8 Å². The minimum Gasteiger partial charge on any atom is -0.459 e. The van der Waals surface area contributed by atoms with Crippen molar-refractivity contribution < 1.29 is 9.21 Å². The van der Waals surface area contributed by atoms with Crippen molar-refractivity contribution in [2.75, 3.05) is 39.0 Å². The van der Waals surface area contributed by atoms with Crippen molar-refractivity contribution in [2.24, 2.45) is 4.99 Å². The third-order valence-corrected chi connectivity index (χ3v) is 5.25. The molecule has 2 aromatic rings. The van der Waals surface area contributed by atoms with E-state index in [9.17, 15) is 4.79 Å². The number of carbonyl (C=O) groups excluding carboxylic acids is 1. The number of nitrogens with zero attached hydrogens (tertiary/aromatic N) is 3. The average molecular weight is 387 g/mol. The maximum Gasteiger partial charge on any atom is 0.289 e. The summed E-state index contributed by atoms with van der Waals surface area (Å²) < 4.78 is 5.22. The Labute approximate surface area is 164 Å². The molecule has 0 spiro atoms. The molecule has 0 unspecified atom stereocenters. The minimum atomic E-state index is -0.0459. The van der Waals surface area contributed by atoms with Gasteiger partial charge in [-0.05, 0) is 43.0 Å². The summed E-state index contributed by atoms with van der Waals surface area (Å²) in [5, 5.41) is 3.37. The third-order valence-electron chi connectivity index (χ3n) is 4.50. The van der Waals surface area contributed by atoms with Crippen LogP contribution in [0.5, 0.6) is 0 Å². The van der Waals surface area contributed by atoms with Crippen LogP contribution in [0.3, 0.4) is 0 Å². The number of rotatable bonds is 5. The van der Waals surface area contributed by atoms with Crippen molar-refractivity contribution in [1.82, 2.24) is 15.1 Å². The Kier molecular flexibility index (Phi) is 6.81. The Morgan fingerprint density at radius 3 is 2.44 bits per heavy atom. The van der Waals surface area contributed by atoms with E-state index in [1.165, 1.54) is 16.7 Å². The number of furan rings is 1. The summed E-state index contributed by atoms with van der Waals surface area (Å²) in [6.07, 6.45) is 3.61. The van der Waals surface area contributed by atoms with Crippen molar-refractivity contribution in [3.05, 3.63) is 54.0 Å². The van der Waals surface area contributed by atoms with Crippen LogP contribution in [0.4, 0.5) is 0 Å². The number of amides is 1. The fraction of sp³-hybridized carbons (Fsp3) is 0.400. The normalized spacial score (nSPS) is 15.1. The van der Waals surface area contributed by atoms with E-state index < -0.39 is 0 Å². The van der Waals surface area contributed by atoms with Gasteiger partial charge in [-0.1, -0.05) is 12.1 Å². The molecule has 27 heavy (non-hydrogen) atoms. The molecule has 1 amide bonds. The second-order valence-electron chi connectivity index (χ2n) is 6.27. The zero-order valence-electron chi connectivity index (χ0n) is 15.9. The molecule has 1 fully saturated rings. The SMILES string of the molecule is CCNC(=NCc1ccc(SC)cc1)N1CCN(C(=O)c2ccco2)CC1. The molecule has 0 aliphatic carbocycles. The highest BCUT2D eigenvalue weighted by Gasteiger charge is 2.25. The molecule has 1 aromatic heterocycles. The number of carbonyl (C=O) groups is 1. The fourth-order valence-electron chi connectivity index (χ4n) is 3.00. The molecular formula is C20H26N4O2S. The number of piperazine rings is 1. The van der Waals surface area contributed by atoms with Gasteiger partial charge >= 0.3 is 0 Å². The predicted octanol–water partition coefficient (Wildman–Crippen LogP) is 2.93. The summed E-state index contributed by atoms with van der Waals surface area (Å²) in [5.74, 6) is 1.25. The number of benzene rings is 1. The van der Waals surface area contributed by atoms with Gasteiger partial charge in [0.1, 0.15) is 0 Å². The lowest BCUT2D eigenvalue weighted by Crippen LogP contribution is -2.53. The summed E-state index contributed by atoms with van der Waals surface area (Å²) in [6.45, 7) is 6.35. The first kappa shape index (κ1) is 19.4. The van der Waals surface area contributed by atoms with Crippen LogP contribution in [-0.4, -0.2) is 60.6 Å². The van der Waals surface area contributed by atoms with Gasteiger partial charge in [-0.15, -0.1) is 11.8 Å². The molecule has 7 heteroatoms. The first-order chi connectivity index (χ1) is 13.2. The largest absolute Gasteiger partial charge is 0.459 e. The van der Waals surface area contributed by atoms with Gasteiger partial charge in [-0.25, -0.2) is 4.99 Å².